The molecule has 1 fully saturated rings. The van der Waals surface area contributed by atoms with E-state index in [4.69, 9.17) is 0 Å². The summed E-state index contributed by atoms with van der Waals surface area (Å²) in [7, 11) is -3.47. The standard InChI is InChI=1S/C18H26FN3O3S.ClH/c1-2-11-26(24,25)22-10-4-3-5-16(22)18(23)21-15-7-6-13-12-20-9-8-14(13)17(15)19;/h6-7,16,20H,2-5,8-12H2,1H3,(H,21,23);1H. The molecule has 3 rings (SSSR count). The molecular weight excluding hydrogens is 393 g/mol. The van der Waals surface area contributed by atoms with E-state index in [1.165, 1.54) is 4.31 Å². The highest BCUT2D eigenvalue weighted by Crippen LogP contribution is 2.27. The molecule has 2 N–H and O–H groups in total. The van der Waals surface area contributed by atoms with Gasteiger partial charge in [-0.2, -0.15) is 4.31 Å². The lowest BCUT2D eigenvalue weighted by molar-refractivity contribution is -0.120. The summed E-state index contributed by atoms with van der Waals surface area (Å²) in [6.07, 6.45) is 3.07. The molecule has 2 aliphatic heterocycles. The molecule has 27 heavy (non-hydrogen) atoms. The van der Waals surface area contributed by atoms with Crippen LogP contribution in [-0.2, 0) is 27.8 Å². The minimum atomic E-state index is -3.47. The molecule has 9 heteroatoms. The summed E-state index contributed by atoms with van der Waals surface area (Å²) in [6, 6.07) is 2.61. The molecule has 0 aromatic heterocycles. The molecule has 1 unspecified atom stereocenters. The zero-order valence-electron chi connectivity index (χ0n) is 15.5. The molecule has 1 atom stereocenters. The first kappa shape index (κ1) is 22.1. The number of carbonyl (C=O) groups is 1. The molecule has 0 saturated carbocycles. The molecule has 0 spiro atoms. The van der Waals surface area contributed by atoms with Gasteiger partial charge in [0.2, 0.25) is 15.9 Å². The normalized spacial score (nSPS) is 20.4. The third-order valence-electron chi connectivity index (χ3n) is 5.04. The van der Waals surface area contributed by atoms with Crippen LogP contribution in [0.25, 0.3) is 0 Å². The Morgan fingerprint density at radius 2 is 2.15 bits per heavy atom. The maximum Gasteiger partial charge on any atom is 0.242 e. The SMILES string of the molecule is CCCS(=O)(=O)N1CCCCC1C(=O)Nc1ccc2c(c1F)CCNC2.Cl. The molecule has 1 saturated heterocycles. The summed E-state index contributed by atoms with van der Waals surface area (Å²) in [5, 5.41) is 5.82. The molecule has 0 bridgehead atoms. The van der Waals surface area contributed by atoms with Crippen LogP contribution in [0.1, 0.15) is 43.7 Å². The number of hydrogen-bond donors (Lipinski definition) is 2. The molecule has 2 heterocycles. The number of piperidine rings is 1. The number of sulfonamides is 1. The fourth-order valence-corrected chi connectivity index (χ4v) is 5.47. The number of nitrogens with zero attached hydrogens (tertiary/aromatic N) is 1. The Bertz CT molecular complexity index is 788. The third kappa shape index (κ3) is 4.80. The number of anilines is 1. The fraction of sp³-hybridized carbons (Fsp3) is 0.611. The monoisotopic (exact) mass is 419 g/mol. The number of benzene rings is 1. The van der Waals surface area contributed by atoms with Gasteiger partial charge in [0.25, 0.3) is 0 Å². The number of hydrogen-bond acceptors (Lipinski definition) is 4. The van der Waals surface area contributed by atoms with E-state index < -0.39 is 27.8 Å². The van der Waals surface area contributed by atoms with E-state index in [1.807, 2.05) is 6.07 Å². The Labute approximate surface area is 166 Å². The molecule has 6 nitrogen and oxygen atoms in total. The Kier molecular flexibility index (Phi) is 7.62. The van der Waals surface area contributed by atoms with Crippen LogP contribution < -0.4 is 10.6 Å². The Morgan fingerprint density at radius 1 is 1.37 bits per heavy atom. The van der Waals surface area contributed by atoms with E-state index in [2.05, 4.69) is 10.6 Å². The average molecular weight is 420 g/mol. The molecular formula is C18H27ClFN3O3S. The van der Waals surface area contributed by atoms with Crippen molar-refractivity contribution in [2.75, 3.05) is 24.2 Å². The summed E-state index contributed by atoms with van der Waals surface area (Å²) < 4.78 is 41.0. The quantitative estimate of drug-likeness (QED) is 0.768. The van der Waals surface area contributed by atoms with Gasteiger partial charge in [0, 0.05) is 13.1 Å². The van der Waals surface area contributed by atoms with Crippen molar-refractivity contribution in [1.29, 1.82) is 0 Å². The van der Waals surface area contributed by atoms with Gasteiger partial charge >= 0.3 is 0 Å². The Morgan fingerprint density at radius 3 is 2.89 bits per heavy atom. The number of fused-ring (bicyclic) bond motifs is 1. The van der Waals surface area contributed by atoms with Crippen LogP contribution in [0.4, 0.5) is 10.1 Å². The number of carbonyl (C=O) groups excluding carboxylic acids is 1. The van der Waals surface area contributed by atoms with Crippen molar-refractivity contribution >= 4 is 34.0 Å². The fourth-order valence-electron chi connectivity index (χ4n) is 3.72. The van der Waals surface area contributed by atoms with Crippen LogP contribution in [0.3, 0.4) is 0 Å². The predicted octanol–water partition coefficient (Wildman–Crippen LogP) is 2.43. The van der Waals surface area contributed by atoms with Gasteiger partial charge in [0.1, 0.15) is 11.9 Å². The molecule has 0 aliphatic carbocycles. The lowest BCUT2D eigenvalue weighted by atomic mass is 9.99. The van der Waals surface area contributed by atoms with E-state index in [9.17, 15) is 17.6 Å². The average Bonchev–Trinajstić information content (AvgIpc) is 2.64. The number of halogens is 2. The Balaban J connectivity index is 0.00000261. The van der Waals surface area contributed by atoms with Crippen LogP contribution in [0.5, 0.6) is 0 Å². The lowest BCUT2D eigenvalue weighted by Gasteiger charge is -2.33. The highest BCUT2D eigenvalue weighted by Gasteiger charge is 2.36. The van der Waals surface area contributed by atoms with Crippen LogP contribution in [-0.4, -0.2) is 43.5 Å². The number of nitrogens with one attached hydrogen (secondary N) is 2. The summed E-state index contributed by atoms with van der Waals surface area (Å²) >= 11 is 0. The van der Waals surface area contributed by atoms with Crippen molar-refractivity contribution in [3.63, 3.8) is 0 Å². The molecule has 1 amide bonds. The first-order valence-corrected chi connectivity index (χ1v) is 10.9. The first-order chi connectivity index (χ1) is 12.4. The van der Waals surface area contributed by atoms with E-state index in [1.54, 1.807) is 13.0 Å². The molecule has 2 aliphatic rings. The largest absolute Gasteiger partial charge is 0.322 e. The lowest BCUT2D eigenvalue weighted by Crippen LogP contribution is -2.50. The zero-order chi connectivity index (χ0) is 18.7. The topological polar surface area (TPSA) is 78.5 Å². The van der Waals surface area contributed by atoms with Crippen LogP contribution in [0.15, 0.2) is 12.1 Å². The Hall–Kier alpha value is -1.22. The van der Waals surface area contributed by atoms with Crippen molar-refractivity contribution in [2.45, 2.75) is 51.6 Å². The van der Waals surface area contributed by atoms with E-state index in [0.717, 1.165) is 18.4 Å². The summed E-state index contributed by atoms with van der Waals surface area (Å²) in [5.74, 6) is -0.829. The molecule has 1 aromatic rings. The molecule has 0 radical (unpaired) electrons. The number of amides is 1. The maximum absolute atomic E-state index is 14.8. The second-order valence-corrected chi connectivity index (χ2v) is 8.96. The maximum atomic E-state index is 14.8. The van der Waals surface area contributed by atoms with E-state index >= 15 is 0 Å². The summed E-state index contributed by atoms with van der Waals surface area (Å²) in [5.41, 5.74) is 1.66. The second-order valence-electron chi connectivity index (χ2n) is 6.92. The van der Waals surface area contributed by atoms with Crippen LogP contribution in [0, 0.1) is 5.82 Å². The predicted molar refractivity (Wildman–Crippen MR) is 106 cm³/mol. The van der Waals surface area contributed by atoms with E-state index in [0.29, 0.717) is 44.5 Å². The van der Waals surface area contributed by atoms with Crippen LogP contribution in [0.2, 0.25) is 0 Å². The van der Waals surface area contributed by atoms with Gasteiger partial charge in [-0.1, -0.05) is 19.4 Å². The summed E-state index contributed by atoms with van der Waals surface area (Å²) in [6.45, 7) is 3.46. The van der Waals surface area contributed by atoms with Crippen molar-refractivity contribution in [1.82, 2.24) is 9.62 Å². The number of rotatable bonds is 5. The highest BCUT2D eigenvalue weighted by molar-refractivity contribution is 7.89. The van der Waals surface area contributed by atoms with Crippen molar-refractivity contribution in [3.8, 4) is 0 Å². The van der Waals surface area contributed by atoms with Gasteiger partial charge in [-0.3, -0.25) is 4.79 Å². The second kappa shape index (κ2) is 9.32. The zero-order valence-corrected chi connectivity index (χ0v) is 17.1. The minimum absolute atomic E-state index is 0. The van der Waals surface area contributed by atoms with Gasteiger partial charge in [-0.05, 0) is 49.4 Å². The smallest absolute Gasteiger partial charge is 0.242 e. The first-order valence-electron chi connectivity index (χ1n) is 9.25. The van der Waals surface area contributed by atoms with Crippen LogP contribution >= 0.6 is 12.4 Å². The van der Waals surface area contributed by atoms with E-state index in [-0.39, 0.29) is 23.8 Å². The van der Waals surface area contributed by atoms with Crippen molar-refractivity contribution in [3.05, 3.63) is 29.1 Å². The van der Waals surface area contributed by atoms with Gasteiger partial charge < -0.3 is 10.6 Å². The van der Waals surface area contributed by atoms with Crippen molar-refractivity contribution in [2.24, 2.45) is 0 Å². The van der Waals surface area contributed by atoms with Crippen molar-refractivity contribution < 1.29 is 17.6 Å². The highest BCUT2D eigenvalue weighted by atomic mass is 35.5. The molecule has 1 aromatic carbocycles. The van der Waals surface area contributed by atoms with Gasteiger partial charge in [0.05, 0.1) is 11.4 Å². The van der Waals surface area contributed by atoms with Gasteiger partial charge in [-0.15, -0.1) is 12.4 Å². The molecule has 152 valence electrons. The minimum Gasteiger partial charge on any atom is -0.322 e. The van der Waals surface area contributed by atoms with Gasteiger partial charge in [-0.25, -0.2) is 12.8 Å². The summed E-state index contributed by atoms with van der Waals surface area (Å²) in [4.78, 5) is 12.8. The third-order valence-corrected chi connectivity index (χ3v) is 7.12. The van der Waals surface area contributed by atoms with Gasteiger partial charge in [0.15, 0.2) is 0 Å².